The van der Waals surface area contributed by atoms with Gasteiger partial charge < -0.3 is 28.2 Å². The minimum absolute atomic E-state index is 0.0515. The quantitative estimate of drug-likeness (QED) is 0.227. The van der Waals surface area contributed by atoms with Crippen LogP contribution in [0.4, 0.5) is 4.39 Å². The van der Waals surface area contributed by atoms with Gasteiger partial charge in [-0.15, -0.1) is 0 Å². The highest BCUT2D eigenvalue weighted by atomic mass is 28.4. The van der Waals surface area contributed by atoms with E-state index < -0.39 is 38.2 Å². The van der Waals surface area contributed by atoms with Gasteiger partial charge in [-0.1, -0.05) is 39.8 Å². The molecule has 0 saturated carbocycles. The lowest BCUT2D eigenvalue weighted by atomic mass is 10.00. The normalized spacial score (nSPS) is 23.2. The fourth-order valence-corrected chi connectivity index (χ4v) is 5.36. The van der Waals surface area contributed by atoms with Crippen LogP contribution in [0.5, 0.6) is 5.75 Å². The monoisotopic (exact) mass is 524 g/mol. The molecule has 0 N–H and O–H groups in total. The molecule has 1 fully saturated rings. The van der Waals surface area contributed by atoms with Crippen LogP contribution in [0.2, 0.25) is 18.1 Å². The highest BCUT2D eigenvalue weighted by molar-refractivity contribution is 6.74. The summed E-state index contributed by atoms with van der Waals surface area (Å²) in [6.45, 7) is 18.5. The molecule has 0 amide bonds. The summed E-state index contributed by atoms with van der Waals surface area (Å²) in [5.74, 6) is -0.883. The first-order valence-electron chi connectivity index (χ1n) is 12.7. The van der Waals surface area contributed by atoms with Crippen molar-refractivity contribution in [3.8, 4) is 5.75 Å². The topological polar surface area (TPSA) is 63.2 Å². The Balaban J connectivity index is 2.29. The fraction of sp³-hybridized carbons (Fsp3) is 0.679. The zero-order valence-electron chi connectivity index (χ0n) is 23.6. The van der Waals surface area contributed by atoms with Crippen LogP contribution in [0.15, 0.2) is 36.2 Å². The predicted molar refractivity (Wildman–Crippen MR) is 142 cm³/mol. The van der Waals surface area contributed by atoms with Crippen LogP contribution in [-0.4, -0.2) is 51.9 Å². The lowest BCUT2D eigenvalue weighted by Crippen LogP contribution is -2.44. The molecular formula is C28H45FO6Si. The molecule has 1 saturated heterocycles. The van der Waals surface area contributed by atoms with Crippen LogP contribution in [0.3, 0.4) is 0 Å². The van der Waals surface area contributed by atoms with E-state index in [0.29, 0.717) is 0 Å². The first-order valence-corrected chi connectivity index (χ1v) is 15.6. The van der Waals surface area contributed by atoms with E-state index in [2.05, 4.69) is 33.9 Å². The van der Waals surface area contributed by atoms with Crippen LogP contribution >= 0.6 is 0 Å². The van der Waals surface area contributed by atoms with E-state index in [0.717, 1.165) is 17.6 Å². The van der Waals surface area contributed by atoms with Crippen LogP contribution in [0.25, 0.3) is 0 Å². The number of halogens is 1. The summed E-state index contributed by atoms with van der Waals surface area (Å²) in [6.07, 6.45) is -0.198. The average molecular weight is 525 g/mol. The van der Waals surface area contributed by atoms with Gasteiger partial charge in [-0.25, -0.2) is 4.39 Å². The van der Waals surface area contributed by atoms with E-state index in [-0.39, 0.29) is 30.1 Å². The number of hydrogen-bond donors (Lipinski definition) is 0. The maximum Gasteiger partial charge on any atom is 0.192 e. The summed E-state index contributed by atoms with van der Waals surface area (Å²) < 4.78 is 45.7. The molecule has 1 aliphatic rings. The molecule has 0 unspecified atom stereocenters. The van der Waals surface area contributed by atoms with Gasteiger partial charge in [0.1, 0.15) is 30.1 Å². The van der Waals surface area contributed by atoms with E-state index in [4.69, 9.17) is 23.4 Å². The van der Waals surface area contributed by atoms with Crippen molar-refractivity contribution in [2.45, 2.75) is 110 Å². The molecule has 0 aliphatic carbocycles. The van der Waals surface area contributed by atoms with Crippen LogP contribution in [-0.2, 0) is 30.0 Å². The van der Waals surface area contributed by atoms with Crippen molar-refractivity contribution in [1.29, 1.82) is 0 Å². The summed E-state index contributed by atoms with van der Waals surface area (Å²) in [6, 6.07) is 7.40. The molecule has 0 bridgehead atoms. The predicted octanol–water partition coefficient (Wildman–Crippen LogP) is 6.59. The number of benzene rings is 1. The maximum absolute atomic E-state index is 15.9. The average Bonchev–Trinajstić information content (AvgIpc) is 3.07. The second-order valence-electron chi connectivity index (χ2n) is 11.6. The standard InChI is InChI=1S/C28H45FO6Si/c1-19(20(2)35-36(9,10)27(3,4)5)17-23(29)25(26-24(15-16-30)33-28(6,7)34-26)32-18-21-11-13-22(31-8)14-12-21/h11-14,16-17,19-20,24-26H,15,18H2,1-10H3/b23-17+/t19-,20-,24+,25-,26+/m1/s1. The third-order valence-corrected chi connectivity index (χ3v) is 11.7. The van der Waals surface area contributed by atoms with E-state index in [1.807, 2.05) is 38.1 Å². The Kier molecular flexibility index (Phi) is 10.5. The summed E-state index contributed by atoms with van der Waals surface area (Å²) in [7, 11) is -0.417. The Bertz CT molecular complexity index is 877. The molecule has 1 heterocycles. The largest absolute Gasteiger partial charge is 0.497 e. The summed E-state index contributed by atoms with van der Waals surface area (Å²) >= 11 is 0. The Morgan fingerprint density at radius 2 is 1.78 bits per heavy atom. The molecule has 1 aromatic rings. The second kappa shape index (κ2) is 12.3. The molecule has 204 valence electrons. The summed E-state index contributed by atoms with van der Waals surface area (Å²) in [4.78, 5) is 11.3. The Labute approximate surface area is 217 Å². The van der Waals surface area contributed by atoms with Gasteiger partial charge in [-0.3, -0.25) is 0 Å². The molecule has 8 heteroatoms. The highest BCUT2D eigenvalue weighted by Crippen LogP contribution is 2.39. The third kappa shape index (κ3) is 8.21. The summed E-state index contributed by atoms with van der Waals surface area (Å²) in [5.41, 5.74) is 0.862. The van der Waals surface area contributed by atoms with Crippen molar-refractivity contribution >= 4 is 14.6 Å². The Morgan fingerprint density at radius 1 is 1.17 bits per heavy atom. The molecule has 0 radical (unpaired) electrons. The molecule has 0 spiro atoms. The number of methoxy groups -OCH3 is 1. The second-order valence-corrected chi connectivity index (χ2v) is 16.4. The number of carbonyl (C=O) groups is 1. The van der Waals surface area contributed by atoms with Crippen molar-refractivity contribution in [3.63, 3.8) is 0 Å². The van der Waals surface area contributed by atoms with Gasteiger partial charge in [0.2, 0.25) is 0 Å². The SMILES string of the molecule is COc1ccc(CO[C@H](/C(F)=C\[C@@H](C)[C@@H](C)O[Si](C)(C)C(C)(C)C)[C@H]2OC(C)(C)O[C@H]2CC=O)cc1. The minimum Gasteiger partial charge on any atom is -0.497 e. The van der Waals surface area contributed by atoms with Crippen molar-refractivity contribution in [1.82, 2.24) is 0 Å². The van der Waals surface area contributed by atoms with Gasteiger partial charge in [0, 0.05) is 18.4 Å². The molecular weight excluding hydrogens is 479 g/mol. The van der Waals surface area contributed by atoms with Crippen LogP contribution < -0.4 is 4.74 Å². The number of hydrogen-bond acceptors (Lipinski definition) is 6. The van der Waals surface area contributed by atoms with Gasteiger partial charge in [0.25, 0.3) is 0 Å². The molecule has 2 rings (SSSR count). The number of carbonyl (C=O) groups excluding carboxylic acids is 1. The number of aldehydes is 1. The van der Waals surface area contributed by atoms with E-state index in [9.17, 15) is 4.79 Å². The van der Waals surface area contributed by atoms with E-state index >= 15 is 4.39 Å². The highest BCUT2D eigenvalue weighted by Gasteiger charge is 2.47. The molecule has 0 aromatic heterocycles. The molecule has 1 aliphatic heterocycles. The fourth-order valence-electron chi connectivity index (χ4n) is 3.87. The van der Waals surface area contributed by atoms with Crippen molar-refractivity contribution in [2.24, 2.45) is 5.92 Å². The first kappa shape index (κ1) is 30.6. The lowest BCUT2D eigenvalue weighted by molar-refractivity contribution is -0.158. The first-order chi connectivity index (χ1) is 16.6. The molecule has 5 atom stereocenters. The maximum atomic E-state index is 15.9. The van der Waals surface area contributed by atoms with E-state index in [1.54, 1.807) is 27.0 Å². The van der Waals surface area contributed by atoms with Crippen molar-refractivity contribution < 1.29 is 32.6 Å². The van der Waals surface area contributed by atoms with Gasteiger partial charge >= 0.3 is 0 Å². The lowest BCUT2D eigenvalue weighted by Gasteiger charge is -2.39. The van der Waals surface area contributed by atoms with Gasteiger partial charge in [0.15, 0.2) is 14.1 Å². The zero-order chi connectivity index (χ0) is 27.3. The Hall–Kier alpha value is -1.58. The van der Waals surface area contributed by atoms with Gasteiger partial charge in [0.05, 0.1) is 19.8 Å². The zero-order valence-corrected chi connectivity index (χ0v) is 24.6. The molecule has 36 heavy (non-hydrogen) atoms. The van der Waals surface area contributed by atoms with Crippen molar-refractivity contribution in [3.05, 3.63) is 41.7 Å². The smallest absolute Gasteiger partial charge is 0.192 e. The number of rotatable bonds is 12. The number of ether oxygens (including phenoxy) is 4. The Morgan fingerprint density at radius 3 is 2.31 bits per heavy atom. The van der Waals surface area contributed by atoms with Gasteiger partial charge in [-0.2, -0.15) is 0 Å². The third-order valence-electron chi connectivity index (χ3n) is 7.16. The van der Waals surface area contributed by atoms with Crippen molar-refractivity contribution in [2.75, 3.05) is 7.11 Å². The van der Waals surface area contributed by atoms with E-state index in [1.165, 1.54) is 0 Å². The summed E-state index contributed by atoms with van der Waals surface area (Å²) in [5, 5.41) is 0.0515. The molecule has 6 nitrogen and oxygen atoms in total. The van der Waals surface area contributed by atoms with Crippen LogP contribution in [0, 0.1) is 5.92 Å². The molecule has 1 aromatic carbocycles. The van der Waals surface area contributed by atoms with Gasteiger partial charge in [-0.05, 0) is 62.7 Å². The van der Waals surface area contributed by atoms with Crippen LogP contribution in [0.1, 0.15) is 60.5 Å². The minimum atomic E-state index is -2.02.